The van der Waals surface area contributed by atoms with Gasteiger partial charge in [0.05, 0.1) is 0 Å². The van der Waals surface area contributed by atoms with E-state index < -0.39 is 52.9 Å². The Labute approximate surface area is 525 Å². The molecule has 422 valence electrons. The van der Waals surface area contributed by atoms with E-state index >= 15 is 0 Å². The molecule has 7 rings (SSSR count). The van der Waals surface area contributed by atoms with Crippen LogP contribution < -0.4 is 5.79 Å². The number of aryl methyl sites for hydroxylation is 2. The molecule has 0 nitrogen and oxygen atoms in total. The zero-order valence-corrected chi connectivity index (χ0v) is 66.6. The molecule has 0 aliphatic carbocycles. The van der Waals surface area contributed by atoms with Crippen molar-refractivity contribution in [1.29, 1.82) is 0 Å². The van der Waals surface area contributed by atoms with Gasteiger partial charge in [-0.15, -0.1) is 0 Å². The van der Waals surface area contributed by atoms with Crippen LogP contribution in [0.1, 0.15) is 157 Å². The Bertz CT molecular complexity index is 2950. The van der Waals surface area contributed by atoms with E-state index in [1.54, 1.807) is 5.79 Å². The predicted molar refractivity (Wildman–Crippen MR) is 384 cm³/mol. The third kappa shape index (κ3) is 14.5. The molecular weight excluding hydrogens is 1440 g/mol. The fraction of sp³-hybridized carbons (Fsp3) is 0.545. The number of fused-ring (bicyclic) bond motifs is 2. The second kappa shape index (κ2) is 28.0. The SMILES string of the molecule is CC(C)[Si](C#Cc1c2cc(-c3cc(CCCCCCBr)c(-c4cc[c]([Sn]([CH3])([CH3])[CH3])s4)s3)sc2c(C#C[Si](C(C)C)(C(C)C)C(C)C)c2cc(-c3cc(CCCCCCBr)c(-c4cc[c]([Sn]([CH3])([CH3])[CH3])s4)s3)sc12)(C(C)C)C(C)C. The molecule has 0 N–H and O–H groups in total. The minimum absolute atomic E-state index is 0.546. The Morgan fingerprint density at radius 3 is 1.01 bits per heavy atom. The van der Waals surface area contributed by atoms with Gasteiger partial charge in [0.1, 0.15) is 16.1 Å². The number of hydrogen-bond donors (Lipinski definition) is 0. The summed E-state index contributed by atoms with van der Waals surface area (Å²) in [7, 11) is -4.21. The summed E-state index contributed by atoms with van der Waals surface area (Å²) in [4.78, 5) is 26.9. The first kappa shape index (κ1) is 65.6. The number of alkyl halides is 2. The molecule has 0 unspecified atom stereocenters. The molecule has 0 atom stereocenters. The number of benzene rings is 1. The van der Waals surface area contributed by atoms with Gasteiger partial charge in [-0.2, -0.15) is 0 Å². The van der Waals surface area contributed by atoms with Gasteiger partial charge in [-0.1, -0.05) is 83.1 Å². The maximum absolute atomic E-state index is 4.31. The second-order valence-corrected chi connectivity index (χ2v) is 76.2. The van der Waals surface area contributed by atoms with Crippen molar-refractivity contribution in [3.63, 3.8) is 0 Å². The van der Waals surface area contributed by atoms with E-state index in [1.807, 2.05) is 45.3 Å². The Kier molecular flexibility index (Phi) is 23.6. The van der Waals surface area contributed by atoms with E-state index in [-0.39, 0.29) is 0 Å². The van der Waals surface area contributed by atoms with Crippen LogP contribution in [0.2, 0.25) is 62.9 Å². The number of hydrogen-bond acceptors (Lipinski definition) is 6. The van der Waals surface area contributed by atoms with Crippen molar-refractivity contribution in [2.45, 2.75) is 210 Å². The molecule has 0 bridgehead atoms. The van der Waals surface area contributed by atoms with Crippen LogP contribution in [-0.4, -0.2) is 63.6 Å². The molecular formula is C66H92Br2S6Si2Sn2. The Hall–Kier alpha value is 0.0512. The molecule has 0 saturated carbocycles. The molecule has 0 fully saturated rings. The molecule has 0 spiro atoms. The van der Waals surface area contributed by atoms with Gasteiger partial charge in [0, 0.05) is 0 Å². The average molecular weight is 1530 g/mol. The van der Waals surface area contributed by atoms with Gasteiger partial charge in [0.25, 0.3) is 0 Å². The molecule has 7 aromatic rings. The summed E-state index contributed by atoms with van der Waals surface area (Å²) < 4.78 is 6.01. The van der Waals surface area contributed by atoms with Crippen molar-refractivity contribution in [2.75, 3.05) is 10.7 Å². The zero-order valence-electron chi connectivity index (χ0n) is 50.8. The number of halogens is 2. The first-order chi connectivity index (χ1) is 36.8. The fourth-order valence-electron chi connectivity index (χ4n) is 12.6. The van der Waals surface area contributed by atoms with Crippen molar-refractivity contribution in [3.8, 4) is 61.9 Å². The maximum atomic E-state index is 4.31. The molecule has 1 aromatic carbocycles. The molecule has 0 aliphatic heterocycles. The predicted octanol–water partition coefficient (Wildman–Crippen LogP) is 24.3. The molecule has 78 heavy (non-hydrogen) atoms. The first-order valence-corrected chi connectivity index (χ1v) is 61.1. The van der Waals surface area contributed by atoms with Gasteiger partial charge in [-0.3, -0.25) is 0 Å². The summed E-state index contributed by atoms with van der Waals surface area (Å²) in [5.74, 6) is 8.42. The average Bonchev–Trinajstić information content (AvgIpc) is 4.22. The van der Waals surface area contributed by atoms with Crippen LogP contribution in [0.3, 0.4) is 0 Å². The smallest absolute Gasteiger partial charge is 0.0397 e. The van der Waals surface area contributed by atoms with Crippen LogP contribution in [0.5, 0.6) is 0 Å². The van der Waals surface area contributed by atoms with E-state index in [0.717, 1.165) is 23.5 Å². The standard InChI is InChI=1S/C60H74Br2S6Si2.6CH3.2Sn/c1-39(2)69(40(3)4,41(5)6)33-27-47-49-37-55(53-35-45(23-17-13-15-19-29-61)57(65-53)51-25-21-31-63-51)68-60(49)48(28-34-70(42(7)8,43(9)10)44(11)12)50-38-56(67-59(47)50)54-36-46(24-18-14-16-20-30-62)58(66-54)52-26-22-32-64-52;;;;;;;;/h21-22,25-26,35-44H,13-20,23-24,29-30H2,1-12H3;6*1H3;;. The summed E-state index contributed by atoms with van der Waals surface area (Å²) in [5.41, 5.74) is 17.5. The van der Waals surface area contributed by atoms with Gasteiger partial charge in [-0.05, 0) is 33.2 Å². The van der Waals surface area contributed by atoms with Crippen LogP contribution in [-0.2, 0) is 12.8 Å². The van der Waals surface area contributed by atoms with Crippen molar-refractivity contribution >= 4 is 179 Å². The fourth-order valence-corrected chi connectivity index (χ4v) is 41.6. The Morgan fingerprint density at radius 2 is 0.718 bits per heavy atom. The first-order valence-electron chi connectivity index (χ1n) is 29.5. The number of thiophene rings is 6. The normalized spacial score (nSPS) is 12.9. The monoisotopic (exact) mass is 1530 g/mol. The van der Waals surface area contributed by atoms with Crippen LogP contribution in [0, 0.1) is 22.9 Å². The molecule has 12 heteroatoms. The van der Waals surface area contributed by atoms with E-state index in [4.69, 9.17) is 0 Å². The van der Waals surface area contributed by atoms with E-state index in [1.165, 1.54) is 133 Å². The molecule has 0 radical (unpaired) electrons. The topological polar surface area (TPSA) is 0 Å². The second-order valence-electron chi connectivity index (χ2n) is 26.2. The van der Waals surface area contributed by atoms with Crippen LogP contribution in [0.4, 0.5) is 0 Å². The Balaban J connectivity index is 1.55. The summed E-state index contributed by atoms with van der Waals surface area (Å²) >= 11 is 15.2. The van der Waals surface area contributed by atoms with E-state index in [0.29, 0.717) is 33.2 Å². The quantitative estimate of drug-likeness (QED) is 0.0245. The zero-order chi connectivity index (χ0) is 57.1. The summed E-state index contributed by atoms with van der Waals surface area (Å²) in [6, 6.07) is 20.3. The molecule has 6 aromatic heterocycles. The summed E-state index contributed by atoms with van der Waals surface area (Å²) in [6.07, 6.45) is 12.3. The maximum Gasteiger partial charge on any atom is -0.0397 e. The number of unbranched alkanes of at least 4 members (excludes halogenated alkanes) is 6. The van der Waals surface area contributed by atoms with Crippen molar-refractivity contribution in [1.82, 2.24) is 0 Å². The van der Waals surface area contributed by atoms with Gasteiger partial charge < -0.3 is 0 Å². The van der Waals surface area contributed by atoms with Crippen LogP contribution in [0.15, 0.2) is 48.5 Å². The van der Waals surface area contributed by atoms with Gasteiger partial charge in [-0.25, -0.2) is 0 Å². The van der Waals surface area contributed by atoms with Gasteiger partial charge in [0.2, 0.25) is 0 Å². The van der Waals surface area contributed by atoms with Crippen molar-refractivity contribution < 1.29 is 0 Å². The largest absolute Gasteiger partial charge is 0.0643 e. The minimum Gasteiger partial charge on any atom is -0.0643 e. The van der Waals surface area contributed by atoms with E-state index in [9.17, 15) is 0 Å². The molecule has 0 saturated heterocycles. The van der Waals surface area contributed by atoms with Crippen molar-refractivity contribution in [3.05, 3.63) is 70.8 Å². The van der Waals surface area contributed by atoms with Crippen LogP contribution >= 0.6 is 99.9 Å². The van der Waals surface area contributed by atoms with Gasteiger partial charge >= 0.3 is 400 Å². The molecule has 0 aliphatic rings. The third-order valence-corrected chi connectivity index (χ3v) is 57.2. The van der Waals surface area contributed by atoms with Gasteiger partial charge in [0.15, 0.2) is 0 Å². The molecule has 6 heterocycles. The summed E-state index contributed by atoms with van der Waals surface area (Å²) in [5, 5.41) is 4.83. The van der Waals surface area contributed by atoms with Crippen LogP contribution in [0.25, 0.3) is 59.2 Å². The third-order valence-electron chi connectivity index (χ3n) is 16.9. The number of rotatable bonds is 24. The van der Waals surface area contributed by atoms with E-state index in [2.05, 4.69) is 239 Å². The minimum atomic E-state index is -2.26. The van der Waals surface area contributed by atoms with Crippen molar-refractivity contribution in [2.24, 2.45) is 0 Å². The Morgan fingerprint density at radius 1 is 0.397 bits per heavy atom. The molecule has 0 amide bonds. The summed E-state index contributed by atoms with van der Waals surface area (Å²) in [6.45, 7) is 29.6.